The second-order valence-corrected chi connectivity index (χ2v) is 4.97. The zero-order chi connectivity index (χ0) is 15.4. The summed E-state index contributed by atoms with van der Waals surface area (Å²) in [7, 11) is 1.49. The molecule has 1 aromatic carbocycles. The monoisotopic (exact) mass is 293 g/mol. The van der Waals surface area contributed by atoms with Crippen LogP contribution < -0.4 is 10.5 Å². The Morgan fingerprint density at radius 1 is 1.43 bits per heavy atom. The lowest BCUT2D eigenvalue weighted by Gasteiger charge is -2.31. The molecule has 1 aliphatic rings. The first-order chi connectivity index (χ1) is 10.1. The number of ether oxygens (including phenoxy) is 1. The standard InChI is InChI=1S/C14H19N3O4/c1-21-10-2-3-11(12(18)8-10)14(19)17-6-4-9(5-7-17)13(15)16-20/h2-3,8-9,18,20H,4-7H2,1H3,(H2,15,16). The number of hydrogen-bond acceptors (Lipinski definition) is 5. The second kappa shape index (κ2) is 6.34. The normalized spacial score (nSPS) is 16.8. The summed E-state index contributed by atoms with van der Waals surface area (Å²) < 4.78 is 4.99. The van der Waals surface area contributed by atoms with Crippen molar-refractivity contribution in [1.82, 2.24) is 4.90 Å². The van der Waals surface area contributed by atoms with Gasteiger partial charge in [-0.2, -0.15) is 0 Å². The molecule has 21 heavy (non-hydrogen) atoms. The Labute approximate surface area is 122 Å². The third-order valence-corrected chi connectivity index (χ3v) is 3.75. The number of carbonyl (C=O) groups excluding carboxylic acids is 1. The van der Waals surface area contributed by atoms with Crippen LogP contribution in [-0.2, 0) is 0 Å². The van der Waals surface area contributed by atoms with Crippen molar-refractivity contribution in [2.75, 3.05) is 20.2 Å². The lowest BCUT2D eigenvalue weighted by atomic mass is 9.95. The summed E-state index contributed by atoms with van der Waals surface area (Å²) in [6, 6.07) is 4.60. The van der Waals surface area contributed by atoms with Gasteiger partial charge < -0.3 is 25.7 Å². The Bertz CT molecular complexity index is 551. The van der Waals surface area contributed by atoms with Gasteiger partial charge in [0.2, 0.25) is 0 Å². The number of hydrogen-bond donors (Lipinski definition) is 3. The molecule has 0 bridgehead atoms. The van der Waals surface area contributed by atoms with Crippen LogP contribution in [0.15, 0.2) is 23.4 Å². The van der Waals surface area contributed by atoms with Gasteiger partial charge in [0.25, 0.3) is 5.91 Å². The molecule has 1 fully saturated rings. The van der Waals surface area contributed by atoms with Crippen LogP contribution >= 0.6 is 0 Å². The van der Waals surface area contributed by atoms with E-state index in [-0.39, 0.29) is 29.0 Å². The summed E-state index contributed by atoms with van der Waals surface area (Å²) in [5.74, 6) is 0.360. The lowest BCUT2D eigenvalue weighted by Crippen LogP contribution is -2.41. The summed E-state index contributed by atoms with van der Waals surface area (Å²) >= 11 is 0. The number of nitrogens with zero attached hydrogens (tertiary/aromatic N) is 2. The Hall–Kier alpha value is -2.44. The first-order valence-electron chi connectivity index (χ1n) is 6.70. The van der Waals surface area contributed by atoms with Crippen molar-refractivity contribution in [3.63, 3.8) is 0 Å². The predicted octanol–water partition coefficient (Wildman–Crippen LogP) is 0.999. The maximum Gasteiger partial charge on any atom is 0.257 e. The lowest BCUT2D eigenvalue weighted by molar-refractivity contribution is 0.0706. The molecule has 1 heterocycles. The van der Waals surface area contributed by atoms with Gasteiger partial charge in [-0.05, 0) is 25.0 Å². The minimum absolute atomic E-state index is 0.0106. The topological polar surface area (TPSA) is 108 Å². The molecule has 0 spiro atoms. The Kier molecular flexibility index (Phi) is 4.52. The molecule has 0 aromatic heterocycles. The molecule has 0 atom stereocenters. The average molecular weight is 293 g/mol. The van der Waals surface area contributed by atoms with Crippen LogP contribution in [-0.4, -0.2) is 47.2 Å². The van der Waals surface area contributed by atoms with Crippen LogP contribution in [0.1, 0.15) is 23.2 Å². The highest BCUT2D eigenvalue weighted by Crippen LogP contribution is 2.26. The highest BCUT2D eigenvalue weighted by atomic mass is 16.5. The van der Waals surface area contributed by atoms with Gasteiger partial charge in [-0.25, -0.2) is 0 Å². The first kappa shape index (κ1) is 15.0. The van der Waals surface area contributed by atoms with Crippen molar-refractivity contribution < 1.29 is 19.8 Å². The minimum atomic E-state index is -0.229. The van der Waals surface area contributed by atoms with Gasteiger partial charge in [-0.15, -0.1) is 0 Å². The molecule has 114 valence electrons. The van der Waals surface area contributed by atoms with Gasteiger partial charge in [0.05, 0.1) is 12.7 Å². The molecule has 7 nitrogen and oxygen atoms in total. The van der Waals surface area contributed by atoms with Crippen LogP contribution in [0.3, 0.4) is 0 Å². The SMILES string of the molecule is COc1ccc(C(=O)N2CCC(C(N)=NO)CC2)c(O)c1. The molecule has 0 radical (unpaired) electrons. The predicted molar refractivity (Wildman–Crippen MR) is 76.7 cm³/mol. The Balaban J connectivity index is 2.05. The first-order valence-corrected chi connectivity index (χ1v) is 6.70. The van der Waals surface area contributed by atoms with E-state index in [2.05, 4.69) is 5.16 Å². The van der Waals surface area contributed by atoms with Crippen molar-refractivity contribution in [2.24, 2.45) is 16.8 Å². The number of likely N-dealkylation sites (tertiary alicyclic amines) is 1. The van der Waals surface area contributed by atoms with Crippen molar-refractivity contribution >= 4 is 11.7 Å². The van der Waals surface area contributed by atoms with Crippen LogP contribution in [0, 0.1) is 5.92 Å². The van der Waals surface area contributed by atoms with Crippen molar-refractivity contribution in [2.45, 2.75) is 12.8 Å². The molecular weight excluding hydrogens is 274 g/mol. The van der Waals surface area contributed by atoms with Crippen LogP contribution in [0.4, 0.5) is 0 Å². The van der Waals surface area contributed by atoms with Gasteiger partial charge in [0.1, 0.15) is 17.3 Å². The van der Waals surface area contributed by atoms with Crippen LogP contribution in [0.5, 0.6) is 11.5 Å². The number of benzene rings is 1. The van der Waals surface area contributed by atoms with E-state index in [1.54, 1.807) is 17.0 Å². The number of methoxy groups -OCH3 is 1. The summed E-state index contributed by atoms with van der Waals surface area (Å²) in [5, 5.41) is 21.6. The average Bonchev–Trinajstić information content (AvgIpc) is 2.53. The molecule has 7 heteroatoms. The number of rotatable bonds is 3. The highest BCUT2D eigenvalue weighted by molar-refractivity contribution is 5.97. The third kappa shape index (κ3) is 3.18. The van der Waals surface area contributed by atoms with Gasteiger partial charge in [0.15, 0.2) is 0 Å². The van der Waals surface area contributed by atoms with E-state index in [1.165, 1.54) is 13.2 Å². The van der Waals surface area contributed by atoms with Gasteiger partial charge >= 0.3 is 0 Å². The molecule has 1 aromatic rings. The molecular formula is C14H19N3O4. The number of oxime groups is 1. The molecule has 0 aliphatic carbocycles. The van der Waals surface area contributed by atoms with Crippen molar-refractivity contribution in [1.29, 1.82) is 0 Å². The summed E-state index contributed by atoms with van der Waals surface area (Å²) in [5.41, 5.74) is 5.83. The van der Waals surface area contributed by atoms with E-state index in [0.717, 1.165) is 0 Å². The summed E-state index contributed by atoms with van der Waals surface area (Å²) in [6.45, 7) is 1.01. The maximum absolute atomic E-state index is 12.4. The number of aromatic hydroxyl groups is 1. The number of phenols is 1. The van der Waals surface area contributed by atoms with Gasteiger partial charge in [-0.3, -0.25) is 4.79 Å². The minimum Gasteiger partial charge on any atom is -0.507 e. The van der Waals surface area contributed by atoms with Crippen LogP contribution in [0.2, 0.25) is 0 Å². The number of nitrogens with two attached hydrogens (primary N) is 1. The molecule has 4 N–H and O–H groups in total. The third-order valence-electron chi connectivity index (χ3n) is 3.75. The van der Waals surface area contributed by atoms with Crippen molar-refractivity contribution in [3.8, 4) is 11.5 Å². The molecule has 1 aliphatic heterocycles. The zero-order valence-electron chi connectivity index (χ0n) is 11.8. The van der Waals surface area contributed by atoms with Gasteiger partial charge in [0, 0.05) is 25.1 Å². The zero-order valence-corrected chi connectivity index (χ0v) is 11.8. The quantitative estimate of drug-likeness (QED) is 0.333. The fourth-order valence-electron chi connectivity index (χ4n) is 2.45. The van der Waals surface area contributed by atoms with E-state index in [1.807, 2.05) is 0 Å². The van der Waals surface area contributed by atoms with E-state index in [4.69, 9.17) is 15.7 Å². The number of amidine groups is 1. The Morgan fingerprint density at radius 2 is 2.10 bits per heavy atom. The molecule has 2 rings (SSSR count). The summed E-state index contributed by atoms with van der Waals surface area (Å²) in [4.78, 5) is 14.0. The van der Waals surface area contributed by atoms with E-state index < -0.39 is 0 Å². The van der Waals surface area contributed by atoms with Crippen LogP contribution in [0.25, 0.3) is 0 Å². The smallest absolute Gasteiger partial charge is 0.257 e. The fourth-order valence-corrected chi connectivity index (χ4v) is 2.45. The number of carbonyl (C=O) groups is 1. The Morgan fingerprint density at radius 3 is 2.62 bits per heavy atom. The van der Waals surface area contributed by atoms with Gasteiger partial charge in [-0.1, -0.05) is 5.16 Å². The van der Waals surface area contributed by atoms with E-state index in [0.29, 0.717) is 31.7 Å². The van der Waals surface area contributed by atoms with E-state index >= 15 is 0 Å². The molecule has 1 saturated heterocycles. The number of phenolic OH excluding ortho intramolecular Hbond substituents is 1. The maximum atomic E-state index is 12.4. The summed E-state index contributed by atoms with van der Waals surface area (Å²) in [6.07, 6.45) is 1.27. The second-order valence-electron chi connectivity index (χ2n) is 4.97. The molecule has 1 amide bonds. The number of amides is 1. The fraction of sp³-hybridized carbons (Fsp3) is 0.429. The van der Waals surface area contributed by atoms with Crippen molar-refractivity contribution in [3.05, 3.63) is 23.8 Å². The molecule has 0 saturated carbocycles. The largest absolute Gasteiger partial charge is 0.507 e. The van der Waals surface area contributed by atoms with E-state index in [9.17, 15) is 9.90 Å². The highest BCUT2D eigenvalue weighted by Gasteiger charge is 2.27. The molecule has 0 unspecified atom stereocenters. The number of piperidine rings is 1.